The van der Waals surface area contributed by atoms with Gasteiger partial charge in [-0.2, -0.15) is 4.31 Å². The third-order valence-corrected chi connectivity index (χ3v) is 8.70. The number of sulfonamides is 1. The van der Waals surface area contributed by atoms with Gasteiger partial charge in [0, 0.05) is 30.2 Å². The zero-order chi connectivity index (χ0) is 27.6. The molecule has 4 aromatic rings. The van der Waals surface area contributed by atoms with E-state index in [0.29, 0.717) is 44.0 Å². The van der Waals surface area contributed by atoms with Crippen LogP contribution >= 0.6 is 23.2 Å². The molecule has 0 radical (unpaired) electrons. The summed E-state index contributed by atoms with van der Waals surface area (Å²) < 4.78 is 57.9. The lowest BCUT2D eigenvalue weighted by molar-refractivity contribution is -0.0252. The topological polar surface area (TPSA) is 103 Å². The zero-order valence-electron chi connectivity index (χ0n) is 20.6. The number of fused-ring (bicyclic) bond motifs is 1. The molecule has 9 nitrogen and oxygen atoms in total. The van der Waals surface area contributed by atoms with Gasteiger partial charge in [-0.25, -0.2) is 22.8 Å². The Kier molecular flexibility index (Phi) is 8.06. The highest BCUT2D eigenvalue weighted by Crippen LogP contribution is 2.35. The quantitative estimate of drug-likeness (QED) is 0.294. The highest BCUT2D eigenvalue weighted by molar-refractivity contribution is 7.89. The number of ether oxygens (including phenoxy) is 3. The summed E-state index contributed by atoms with van der Waals surface area (Å²) in [5, 5.41) is 4.74. The maximum absolute atomic E-state index is 13.3. The van der Waals surface area contributed by atoms with Crippen LogP contribution in [-0.4, -0.2) is 62.2 Å². The molecular weight excluding hydrogens is 570 g/mol. The van der Waals surface area contributed by atoms with Crippen LogP contribution in [0, 0.1) is 5.82 Å². The van der Waals surface area contributed by atoms with Crippen LogP contribution in [0.4, 0.5) is 15.9 Å². The first kappa shape index (κ1) is 27.4. The Morgan fingerprint density at radius 1 is 1.08 bits per heavy atom. The summed E-state index contributed by atoms with van der Waals surface area (Å²) in [6.07, 6.45) is 0.882. The second kappa shape index (κ2) is 11.5. The number of anilines is 2. The number of morpholine rings is 1. The smallest absolute Gasteiger partial charge is 0.243 e. The Hall–Kier alpha value is -3.22. The molecule has 0 amide bonds. The highest BCUT2D eigenvalue weighted by Gasteiger charge is 2.31. The molecule has 2 heterocycles. The summed E-state index contributed by atoms with van der Waals surface area (Å²) in [7, 11) is -2.29. The van der Waals surface area contributed by atoms with E-state index in [1.54, 1.807) is 30.3 Å². The van der Waals surface area contributed by atoms with Gasteiger partial charge in [-0.15, -0.1) is 0 Å². The van der Waals surface area contributed by atoms with E-state index in [4.69, 9.17) is 37.4 Å². The molecule has 5 rings (SSSR count). The van der Waals surface area contributed by atoms with Crippen LogP contribution in [0.1, 0.15) is 0 Å². The first-order chi connectivity index (χ1) is 18.7. The summed E-state index contributed by atoms with van der Waals surface area (Å²) in [4.78, 5) is 8.71. The number of aromatic nitrogens is 2. The van der Waals surface area contributed by atoms with Gasteiger partial charge in [0.2, 0.25) is 10.0 Å². The van der Waals surface area contributed by atoms with Gasteiger partial charge in [-0.05, 0) is 48.5 Å². The fourth-order valence-electron chi connectivity index (χ4n) is 4.10. The summed E-state index contributed by atoms with van der Waals surface area (Å²) >= 11 is 12.2. The lowest BCUT2D eigenvalue weighted by Gasteiger charge is -2.32. The number of nitrogens with one attached hydrogen (secondary N) is 1. The normalized spacial score (nSPS) is 16.3. The molecule has 1 aliphatic heterocycles. The van der Waals surface area contributed by atoms with Crippen molar-refractivity contribution in [1.29, 1.82) is 0 Å². The number of nitrogens with zero attached hydrogens (tertiary/aromatic N) is 3. The number of halogens is 3. The zero-order valence-corrected chi connectivity index (χ0v) is 22.9. The van der Waals surface area contributed by atoms with Gasteiger partial charge < -0.3 is 19.5 Å². The van der Waals surface area contributed by atoms with E-state index in [1.807, 2.05) is 0 Å². The molecule has 0 saturated carbocycles. The number of hydrogen-bond donors (Lipinski definition) is 1. The summed E-state index contributed by atoms with van der Waals surface area (Å²) in [5.74, 6) is 0.863. The molecule has 39 heavy (non-hydrogen) atoms. The molecule has 1 aliphatic rings. The number of rotatable bonds is 8. The third kappa shape index (κ3) is 6.02. The molecule has 13 heteroatoms. The first-order valence-electron chi connectivity index (χ1n) is 11.8. The monoisotopic (exact) mass is 592 g/mol. The summed E-state index contributed by atoms with van der Waals surface area (Å²) in [5.41, 5.74) is 1.28. The van der Waals surface area contributed by atoms with Crippen molar-refractivity contribution in [3.8, 4) is 11.5 Å². The highest BCUT2D eigenvalue weighted by atomic mass is 35.5. The third-order valence-electron chi connectivity index (χ3n) is 6.08. The van der Waals surface area contributed by atoms with E-state index in [-0.39, 0.29) is 31.2 Å². The Morgan fingerprint density at radius 3 is 2.62 bits per heavy atom. The van der Waals surface area contributed by atoms with E-state index in [0.717, 1.165) is 12.1 Å². The van der Waals surface area contributed by atoms with E-state index in [9.17, 15) is 12.8 Å². The van der Waals surface area contributed by atoms with Gasteiger partial charge in [0.25, 0.3) is 0 Å². The maximum Gasteiger partial charge on any atom is 0.243 e. The van der Waals surface area contributed by atoms with Crippen LogP contribution in [-0.2, 0) is 14.8 Å². The molecular formula is C26H23Cl2FN4O5S. The van der Waals surface area contributed by atoms with Crippen molar-refractivity contribution >= 4 is 55.6 Å². The number of benzene rings is 3. The van der Waals surface area contributed by atoms with Gasteiger partial charge in [0.05, 0.1) is 34.2 Å². The van der Waals surface area contributed by atoms with E-state index in [2.05, 4.69) is 15.3 Å². The summed E-state index contributed by atoms with van der Waals surface area (Å²) in [6.45, 7) is 0.521. The first-order valence-corrected chi connectivity index (χ1v) is 14.0. The molecule has 0 bridgehead atoms. The standard InChI is InChI=1S/C26H23Cl2FN4O5S/c1-36-24-11-20-23(30-15-31-26(20)32-17-4-7-21(27)22(28)10-17)12-25(24)38-14-18-13-33(8-9-37-18)39(34,35)19-5-2-16(29)3-6-19/h2-7,10-12,15,18H,8-9,13-14H2,1H3,(H,30,31,32). The second-order valence-corrected chi connectivity index (χ2v) is 11.4. The van der Waals surface area contributed by atoms with Gasteiger partial charge >= 0.3 is 0 Å². The minimum absolute atomic E-state index is 0.0200. The predicted molar refractivity (Wildman–Crippen MR) is 146 cm³/mol. The van der Waals surface area contributed by atoms with Crippen molar-refractivity contribution in [2.24, 2.45) is 0 Å². The van der Waals surface area contributed by atoms with Crippen molar-refractivity contribution in [3.63, 3.8) is 0 Å². The minimum Gasteiger partial charge on any atom is -0.493 e. The maximum atomic E-state index is 13.3. The molecule has 1 fully saturated rings. The van der Waals surface area contributed by atoms with E-state index in [1.165, 1.54) is 29.9 Å². The van der Waals surface area contributed by atoms with Crippen LogP contribution < -0.4 is 14.8 Å². The average molecular weight is 593 g/mol. The lowest BCUT2D eigenvalue weighted by Crippen LogP contribution is -2.47. The van der Waals surface area contributed by atoms with Crippen molar-refractivity contribution in [2.75, 3.05) is 38.7 Å². The SMILES string of the molecule is COc1cc2c(Nc3ccc(Cl)c(Cl)c3)ncnc2cc1OCC1CN(S(=O)(=O)c2ccc(F)cc2)CCO1. The molecule has 1 unspecified atom stereocenters. The largest absolute Gasteiger partial charge is 0.493 e. The fraction of sp³-hybridized carbons (Fsp3) is 0.231. The summed E-state index contributed by atoms with van der Waals surface area (Å²) in [6, 6.07) is 13.3. The van der Waals surface area contributed by atoms with Crippen LogP contribution in [0.3, 0.4) is 0 Å². The molecule has 0 spiro atoms. The Bertz CT molecular complexity index is 1610. The van der Waals surface area contributed by atoms with Crippen LogP contribution in [0.15, 0.2) is 65.8 Å². The van der Waals surface area contributed by atoms with Gasteiger partial charge in [-0.1, -0.05) is 23.2 Å². The van der Waals surface area contributed by atoms with Crippen molar-refractivity contribution < 1.29 is 27.0 Å². The predicted octanol–water partition coefficient (Wildman–Crippen LogP) is 5.30. The van der Waals surface area contributed by atoms with E-state index < -0.39 is 21.9 Å². The number of methoxy groups -OCH3 is 1. The van der Waals surface area contributed by atoms with Gasteiger partial charge in [0.1, 0.15) is 30.7 Å². The molecule has 1 N–H and O–H groups in total. The van der Waals surface area contributed by atoms with Crippen LogP contribution in [0.25, 0.3) is 10.9 Å². The van der Waals surface area contributed by atoms with Crippen LogP contribution in [0.2, 0.25) is 10.0 Å². The molecule has 1 atom stereocenters. The minimum atomic E-state index is -3.81. The molecule has 3 aromatic carbocycles. The Labute approximate surface area is 234 Å². The molecule has 1 saturated heterocycles. The van der Waals surface area contributed by atoms with Gasteiger partial charge in [-0.3, -0.25) is 0 Å². The number of hydrogen-bond acceptors (Lipinski definition) is 8. The average Bonchev–Trinajstić information content (AvgIpc) is 2.94. The Balaban J connectivity index is 1.32. The molecule has 1 aromatic heterocycles. The fourth-order valence-corrected chi connectivity index (χ4v) is 5.85. The van der Waals surface area contributed by atoms with Gasteiger partial charge in [0.15, 0.2) is 11.5 Å². The molecule has 204 valence electrons. The molecule has 0 aliphatic carbocycles. The van der Waals surface area contributed by atoms with Crippen molar-refractivity contribution in [1.82, 2.24) is 14.3 Å². The lowest BCUT2D eigenvalue weighted by atomic mass is 10.2. The van der Waals surface area contributed by atoms with Crippen LogP contribution in [0.5, 0.6) is 11.5 Å². The van der Waals surface area contributed by atoms with E-state index >= 15 is 0 Å². The van der Waals surface area contributed by atoms with Crippen molar-refractivity contribution in [3.05, 3.63) is 76.8 Å². The van der Waals surface area contributed by atoms with Crippen molar-refractivity contribution in [2.45, 2.75) is 11.0 Å². The second-order valence-electron chi connectivity index (χ2n) is 8.62. The Morgan fingerprint density at radius 2 is 1.87 bits per heavy atom.